The predicted octanol–water partition coefficient (Wildman–Crippen LogP) is 2.00. The van der Waals surface area contributed by atoms with E-state index in [2.05, 4.69) is 20.9 Å². The molecule has 2 rings (SSSR count). The summed E-state index contributed by atoms with van der Waals surface area (Å²) in [4.78, 5) is 25.8. The lowest BCUT2D eigenvalue weighted by atomic mass is 10.2. The number of benzene rings is 1. The van der Waals surface area contributed by atoms with Gasteiger partial charge in [-0.05, 0) is 27.6 Å². The molecule has 0 atom stereocenters. The molecule has 1 aromatic heterocycles. The fourth-order valence-corrected chi connectivity index (χ4v) is 1.95. The third-order valence-corrected chi connectivity index (χ3v) is 3.24. The first-order valence-corrected chi connectivity index (χ1v) is 5.98. The van der Waals surface area contributed by atoms with Crippen LogP contribution in [0.25, 0.3) is 0 Å². The molecule has 2 aromatic rings. The van der Waals surface area contributed by atoms with Gasteiger partial charge in [-0.15, -0.1) is 0 Å². The number of hydrogen-bond acceptors (Lipinski definition) is 2. The van der Waals surface area contributed by atoms with E-state index in [0.717, 1.165) is 10.1 Å². The van der Waals surface area contributed by atoms with Crippen molar-refractivity contribution in [3.63, 3.8) is 0 Å². The van der Waals surface area contributed by atoms with Crippen LogP contribution < -0.4 is 11.2 Å². The van der Waals surface area contributed by atoms with Crippen LogP contribution in [0.4, 0.5) is 0 Å². The van der Waals surface area contributed by atoms with Gasteiger partial charge in [-0.2, -0.15) is 0 Å². The van der Waals surface area contributed by atoms with Gasteiger partial charge in [0, 0.05) is 11.2 Å². The number of rotatable bonds is 2. The van der Waals surface area contributed by atoms with Crippen molar-refractivity contribution in [1.82, 2.24) is 9.55 Å². The molecule has 0 amide bonds. The molecule has 0 spiro atoms. The van der Waals surface area contributed by atoms with Gasteiger partial charge in [-0.25, -0.2) is 4.79 Å². The molecular formula is C11H8BrClN2O2. The van der Waals surface area contributed by atoms with Gasteiger partial charge in [0.05, 0.1) is 11.0 Å². The minimum atomic E-state index is -0.460. The normalized spacial score (nSPS) is 10.5. The van der Waals surface area contributed by atoms with E-state index in [1.165, 1.54) is 6.20 Å². The maximum absolute atomic E-state index is 11.8. The number of halogens is 2. The number of hydrogen-bond donors (Lipinski definition) is 1. The lowest BCUT2D eigenvalue weighted by molar-refractivity contribution is 0.694. The van der Waals surface area contributed by atoms with Crippen molar-refractivity contribution in [2.45, 2.75) is 6.54 Å². The van der Waals surface area contributed by atoms with Gasteiger partial charge in [0.2, 0.25) is 0 Å². The molecule has 6 heteroatoms. The van der Waals surface area contributed by atoms with Gasteiger partial charge in [0.15, 0.2) is 0 Å². The molecule has 1 heterocycles. The molecule has 17 heavy (non-hydrogen) atoms. The van der Waals surface area contributed by atoms with Crippen LogP contribution in [0.1, 0.15) is 5.56 Å². The average molecular weight is 316 g/mol. The Balaban J connectivity index is 2.51. The van der Waals surface area contributed by atoms with Gasteiger partial charge in [0.25, 0.3) is 5.56 Å². The molecule has 0 radical (unpaired) electrons. The zero-order chi connectivity index (χ0) is 12.4. The Morgan fingerprint density at radius 2 is 2.00 bits per heavy atom. The van der Waals surface area contributed by atoms with Crippen molar-refractivity contribution in [3.8, 4) is 0 Å². The topological polar surface area (TPSA) is 54.9 Å². The van der Waals surface area contributed by atoms with E-state index >= 15 is 0 Å². The second-order valence-corrected chi connectivity index (χ2v) is 4.69. The monoisotopic (exact) mass is 314 g/mol. The highest BCUT2D eigenvalue weighted by molar-refractivity contribution is 9.10. The van der Waals surface area contributed by atoms with Crippen molar-refractivity contribution in [2.75, 3.05) is 0 Å². The third kappa shape index (κ3) is 2.50. The van der Waals surface area contributed by atoms with Crippen LogP contribution >= 0.6 is 27.5 Å². The van der Waals surface area contributed by atoms with Crippen molar-refractivity contribution in [1.29, 1.82) is 0 Å². The number of nitrogens with zero attached hydrogens (tertiary/aromatic N) is 1. The van der Waals surface area contributed by atoms with Gasteiger partial charge in [-0.1, -0.05) is 29.8 Å². The van der Waals surface area contributed by atoms with Gasteiger partial charge >= 0.3 is 5.69 Å². The van der Waals surface area contributed by atoms with Gasteiger partial charge in [-0.3, -0.25) is 9.36 Å². The molecule has 0 aliphatic heterocycles. The van der Waals surface area contributed by atoms with Crippen molar-refractivity contribution < 1.29 is 0 Å². The Labute approximate surface area is 110 Å². The third-order valence-electron chi connectivity index (χ3n) is 2.30. The molecule has 0 unspecified atom stereocenters. The van der Waals surface area contributed by atoms with Crippen LogP contribution in [0, 0.1) is 0 Å². The Hall–Kier alpha value is -1.33. The number of nitrogens with one attached hydrogen (secondary N) is 1. The van der Waals surface area contributed by atoms with Gasteiger partial charge < -0.3 is 4.98 Å². The molecule has 0 aliphatic carbocycles. The van der Waals surface area contributed by atoms with E-state index in [-0.39, 0.29) is 12.1 Å². The molecule has 0 saturated carbocycles. The lowest BCUT2D eigenvalue weighted by Crippen LogP contribution is -2.35. The highest BCUT2D eigenvalue weighted by atomic mass is 79.9. The molecule has 0 saturated heterocycles. The zero-order valence-electron chi connectivity index (χ0n) is 8.61. The number of H-pyrrole nitrogens is 1. The standard InChI is InChI=1S/C11H8BrClN2O2/c12-8-5-14-11(17)15(10(8)16)6-7-3-1-2-4-9(7)13/h1-5H,6H2,(H,14,17). The summed E-state index contributed by atoms with van der Waals surface area (Å²) in [6, 6.07) is 7.08. The molecule has 1 N–H and O–H groups in total. The van der Waals surface area contributed by atoms with Crippen LogP contribution in [0.2, 0.25) is 5.02 Å². The molecular weight excluding hydrogens is 307 g/mol. The maximum Gasteiger partial charge on any atom is 0.328 e. The van der Waals surface area contributed by atoms with E-state index in [0.29, 0.717) is 9.50 Å². The summed E-state index contributed by atoms with van der Waals surface area (Å²) in [6.45, 7) is 0.146. The Morgan fingerprint density at radius 3 is 2.71 bits per heavy atom. The van der Waals surface area contributed by atoms with E-state index < -0.39 is 5.69 Å². The highest BCUT2D eigenvalue weighted by Gasteiger charge is 2.07. The quantitative estimate of drug-likeness (QED) is 0.921. The number of aromatic amines is 1. The van der Waals surface area contributed by atoms with Crippen LogP contribution in [-0.4, -0.2) is 9.55 Å². The minimum Gasteiger partial charge on any atom is -0.313 e. The summed E-state index contributed by atoms with van der Waals surface area (Å²) in [6.07, 6.45) is 1.33. The first kappa shape index (κ1) is 12.1. The summed E-state index contributed by atoms with van der Waals surface area (Å²) in [5.41, 5.74) is -0.119. The van der Waals surface area contributed by atoms with Crippen LogP contribution in [0.15, 0.2) is 44.5 Å². The van der Waals surface area contributed by atoms with Crippen molar-refractivity contribution in [3.05, 3.63) is 66.4 Å². The van der Waals surface area contributed by atoms with Crippen LogP contribution in [0.5, 0.6) is 0 Å². The summed E-state index contributed by atoms with van der Waals surface area (Å²) in [5, 5.41) is 0.527. The number of aromatic nitrogens is 2. The second kappa shape index (κ2) is 4.89. The minimum absolute atomic E-state index is 0.146. The lowest BCUT2D eigenvalue weighted by Gasteiger charge is -2.06. The van der Waals surface area contributed by atoms with E-state index in [1.807, 2.05) is 0 Å². The van der Waals surface area contributed by atoms with Crippen molar-refractivity contribution >= 4 is 27.5 Å². The largest absolute Gasteiger partial charge is 0.328 e. The summed E-state index contributed by atoms with van der Waals surface area (Å²) in [5.74, 6) is 0. The Morgan fingerprint density at radius 1 is 1.29 bits per heavy atom. The molecule has 88 valence electrons. The fourth-order valence-electron chi connectivity index (χ4n) is 1.43. The second-order valence-electron chi connectivity index (χ2n) is 3.42. The summed E-state index contributed by atoms with van der Waals surface area (Å²) < 4.78 is 1.40. The maximum atomic E-state index is 11.8. The molecule has 4 nitrogen and oxygen atoms in total. The summed E-state index contributed by atoms with van der Waals surface area (Å²) >= 11 is 9.05. The van der Waals surface area contributed by atoms with E-state index in [9.17, 15) is 9.59 Å². The zero-order valence-corrected chi connectivity index (χ0v) is 11.0. The van der Waals surface area contributed by atoms with Crippen LogP contribution in [-0.2, 0) is 6.54 Å². The Kier molecular flexibility index (Phi) is 3.49. The molecule has 0 aliphatic rings. The summed E-state index contributed by atoms with van der Waals surface area (Å²) in [7, 11) is 0. The highest BCUT2D eigenvalue weighted by Crippen LogP contribution is 2.15. The molecule has 1 aromatic carbocycles. The molecule has 0 bridgehead atoms. The smallest absolute Gasteiger partial charge is 0.313 e. The fraction of sp³-hybridized carbons (Fsp3) is 0.0909. The molecule has 0 fully saturated rings. The van der Waals surface area contributed by atoms with Crippen LogP contribution in [0.3, 0.4) is 0 Å². The average Bonchev–Trinajstić information content (AvgIpc) is 2.32. The SMILES string of the molecule is O=c1[nH]cc(Br)c(=O)n1Cc1ccccc1Cl. The Bertz CT molecular complexity index is 663. The van der Waals surface area contributed by atoms with E-state index in [1.54, 1.807) is 24.3 Å². The first-order valence-electron chi connectivity index (χ1n) is 4.81. The van der Waals surface area contributed by atoms with Gasteiger partial charge in [0.1, 0.15) is 0 Å². The first-order chi connectivity index (χ1) is 8.09. The van der Waals surface area contributed by atoms with E-state index in [4.69, 9.17) is 11.6 Å². The predicted molar refractivity (Wildman–Crippen MR) is 69.6 cm³/mol. The van der Waals surface area contributed by atoms with Crippen molar-refractivity contribution in [2.24, 2.45) is 0 Å².